The summed E-state index contributed by atoms with van der Waals surface area (Å²) in [4.78, 5) is 26.1. The van der Waals surface area contributed by atoms with Crippen molar-refractivity contribution in [2.24, 2.45) is 7.05 Å². The van der Waals surface area contributed by atoms with Gasteiger partial charge in [0.2, 0.25) is 0 Å². The first-order valence-electron chi connectivity index (χ1n) is 6.90. The number of carbonyl (C=O) groups is 1. The highest BCUT2D eigenvalue weighted by Crippen LogP contribution is 2.16. The van der Waals surface area contributed by atoms with Gasteiger partial charge >= 0.3 is 5.69 Å². The molecule has 1 amide bonds. The zero-order chi connectivity index (χ0) is 16.4. The zero-order valence-corrected chi connectivity index (χ0v) is 12.3. The van der Waals surface area contributed by atoms with Gasteiger partial charge in [0.05, 0.1) is 11.0 Å². The van der Waals surface area contributed by atoms with E-state index in [-0.39, 0.29) is 24.0 Å². The van der Waals surface area contributed by atoms with Gasteiger partial charge in [0.1, 0.15) is 11.6 Å². The van der Waals surface area contributed by atoms with Crippen molar-refractivity contribution in [2.75, 3.05) is 11.9 Å². The third-order valence-corrected chi connectivity index (χ3v) is 3.35. The monoisotopic (exact) mass is 315 g/mol. The lowest BCUT2D eigenvalue weighted by Gasteiger charge is -2.07. The smallest absolute Gasteiger partial charge is 0.326 e. The van der Waals surface area contributed by atoms with Gasteiger partial charge in [0.25, 0.3) is 5.91 Å². The fraction of sp³-hybridized carbons (Fsp3) is 0.125. The van der Waals surface area contributed by atoms with Crippen molar-refractivity contribution in [2.45, 2.75) is 0 Å². The van der Waals surface area contributed by atoms with E-state index in [9.17, 15) is 14.0 Å². The first kappa shape index (κ1) is 14.8. The molecule has 0 spiro atoms. The van der Waals surface area contributed by atoms with Crippen molar-refractivity contribution in [3.8, 4) is 5.75 Å². The van der Waals surface area contributed by atoms with Gasteiger partial charge in [-0.05, 0) is 30.3 Å². The number of rotatable bonds is 4. The number of H-pyrrole nitrogens is 1. The van der Waals surface area contributed by atoms with Crippen molar-refractivity contribution < 1.29 is 13.9 Å². The number of nitrogens with one attached hydrogen (secondary N) is 2. The molecule has 0 fully saturated rings. The van der Waals surface area contributed by atoms with Gasteiger partial charge in [-0.3, -0.25) is 9.36 Å². The number of hydrogen-bond acceptors (Lipinski definition) is 3. The maximum Gasteiger partial charge on any atom is 0.326 e. The van der Waals surface area contributed by atoms with E-state index in [1.807, 2.05) is 0 Å². The van der Waals surface area contributed by atoms with Crippen LogP contribution in [0.4, 0.5) is 10.1 Å². The maximum absolute atomic E-state index is 13.0. The van der Waals surface area contributed by atoms with E-state index in [0.717, 1.165) is 5.52 Å². The number of ether oxygens (including phenoxy) is 1. The molecule has 1 heterocycles. The Bertz CT molecular complexity index is 930. The molecule has 0 aliphatic carbocycles. The fourth-order valence-corrected chi connectivity index (χ4v) is 2.22. The second kappa shape index (κ2) is 5.96. The predicted molar refractivity (Wildman–Crippen MR) is 84.1 cm³/mol. The van der Waals surface area contributed by atoms with Crippen LogP contribution in [0.3, 0.4) is 0 Å². The van der Waals surface area contributed by atoms with Crippen molar-refractivity contribution in [1.82, 2.24) is 9.55 Å². The average Bonchev–Trinajstić information content (AvgIpc) is 2.80. The molecule has 2 aromatic carbocycles. The number of carbonyl (C=O) groups excluding carboxylic acids is 1. The summed E-state index contributed by atoms with van der Waals surface area (Å²) in [5.74, 6) is -0.531. The van der Waals surface area contributed by atoms with Gasteiger partial charge < -0.3 is 15.0 Å². The van der Waals surface area contributed by atoms with Crippen LogP contribution in [0.15, 0.2) is 47.3 Å². The van der Waals surface area contributed by atoms with Gasteiger partial charge in [-0.25, -0.2) is 9.18 Å². The first-order valence-corrected chi connectivity index (χ1v) is 6.90. The summed E-state index contributed by atoms with van der Waals surface area (Å²) in [7, 11) is 1.66. The van der Waals surface area contributed by atoms with Gasteiger partial charge in [-0.2, -0.15) is 0 Å². The molecule has 0 bridgehead atoms. The Morgan fingerprint density at radius 1 is 1.30 bits per heavy atom. The Balaban J connectivity index is 1.67. The van der Waals surface area contributed by atoms with Gasteiger partial charge in [0, 0.05) is 18.8 Å². The molecule has 23 heavy (non-hydrogen) atoms. The fourth-order valence-electron chi connectivity index (χ4n) is 2.22. The summed E-state index contributed by atoms with van der Waals surface area (Å²) in [6.45, 7) is -0.243. The normalized spacial score (nSPS) is 10.7. The van der Waals surface area contributed by atoms with E-state index < -0.39 is 5.82 Å². The number of aryl methyl sites for hydroxylation is 1. The number of halogens is 1. The highest BCUT2D eigenvalue weighted by Gasteiger charge is 2.07. The van der Waals surface area contributed by atoms with Crippen molar-refractivity contribution in [3.63, 3.8) is 0 Å². The third kappa shape index (κ3) is 3.23. The number of amides is 1. The van der Waals surface area contributed by atoms with Crippen LogP contribution in [0, 0.1) is 5.82 Å². The van der Waals surface area contributed by atoms with E-state index >= 15 is 0 Å². The number of hydrogen-bond donors (Lipinski definition) is 2. The summed E-state index contributed by atoms with van der Waals surface area (Å²) in [6, 6.07) is 10.7. The molecule has 7 heteroatoms. The molecule has 0 radical (unpaired) electrons. The van der Waals surface area contributed by atoms with E-state index in [1.54, 1.807) is 31.3 Å². The molecule has 1 aromatic heterocycles. The van der Waals surface area contributed by atoms with Gasteiger partial charge in [-0.1, -0.05) is 6.07 Å². The highest BCUT2D eigenvalue weighted by molar-refractivity contribution is 5.94. The Hall–Kier alpha value is -3.09. The third-order valence-electron chi connectivity index (χ3n) is 3.35. The van der Waals surface area contributed by atoms with Gasteiger partial charge in [-0.15, -0.1) is 0 Å². The minimum atomic E-state index is -0.429. The number of nitrogens with zero attached hydrogens (tertiary/aromatic N) is 1. The van der Waals surface area contributed by atoms with Crippen LogP contribution in [0.5, 0.6) is 5.75 Å². The Kier molecular flexibility index (Phi) is 3.84. The minimum Gasteiger partial charge on any atom is -0.484 e. The molecule has 6 nitrogen and oxygen atoms in total. The second-order valence-corrected chi connectivity index (χ2v) is 5.02. The summed E-state index contributed by atoms with van der Waals surface area (Å²) < 4.78 is 19.7. The second-order valence-electron chi connectivity index (χ2n) is 5.02. The molecule has 118 valence electrons. The van der Waals surface area contributed by atoms with Crippen LogP contribution in [-0.2, 0) is 11.8 Å². The summed E-state index contributed by atoms with van der Waals surface area (Å²) in [6.07, 6.45) is 0. The number of aromatic amines is 1. The van der Waals surface area contributed by atoms with Crippen LogP contribution in [0.1, 0.15) is 0 Å². The number of fused-ring (bicyclic) bond motifs is 1. The zero-order valence-electron chi connectivity index (χ0n) is 12.3. The van der Waals surface area contributed by atoms with E-state index in [0.29, 0.717) is 11.2 Å². The molecule has 3 aromatic rings. The molecular formula is C16H14FN3O3. The molecule has 0 saturated heterocycles. The molecule has 0 unspecified atom stereocenters. The topological polar surface area (TPSA) is 76.1 Å². The standard InChI is InChI=1S/C16H14FN3O3/c1-20-14-6-5-11(8-13(14)19-16(20)22)18-15(21)9-23-12-4-2-3-10(17)7-12/h2-8H,9H2,1H3,(H,18,21)(H,19,22). The SMILES string of the molecule is Cn1c(=O)[nH]c2cc(NC(=O)COc3cccc(F)c3)ccc21. The lowest BCUT2D eigenvalue weighted by Crippen LogP contribution is -2.20. The Morgan fingerprint density at radius 2 is 2.13 bits per heavy atom. The van der Waals surface area contributed by atoms with Crippen molar-refractivity contribution in [1.29, 1.82) is 0 Å². The maximum atomic E-state index is 13.0. The van der Waals surface area contributed by atoms with E-state index in [1.165, 1.54) is 22.8 Å². The summed E-state index contributed by atoms with van der Waals surface area (Å²) >= 11 is 0. The Labute approximate surface area is 130 Å². The lowest BCUT2D eigenvalue weighted by atomic mass is 10.2. The molecule has 0 atom stereocenters. The van der Waals surface area contributed by atoms with Gasteiger partial charge in [0.15, 0.2) is 6.61 Å². The summed E-state index contributed by atoms with van der Waals surface area (Å²) in [5, 5.41) is 2.66. The Morgan fingerprint density at radius 3 is 2.91 bits per heavy atom. The van der Waals surface area contributed by atoms with Crippen molar-refractivity contribution in [3.05, 3.63) is 58.8 Å². The number of imidazole rings is 1. The van der Waals surface area contributed by atoms with Crippen LogP contribution in [0.2, 0.25) is 0 Å². The molecular weight excluding hydrogens is 301 g/mol. The largest absolute Gasteiger partial charge is 0.484 e. The van der Waals surface area contributed by atoms with Crippen LogP contribution in [0.25, 0.3) is 11.0 Å². The lowest BCUT2D eigenvalue weighted by molar-refractivity contribution is -0.118. The summed E-state index contributed by atoms with van der Waals surface area (Å²) in [5.41, 5.74) is 1.68. The minimum absolute atomic E-state index is 0.224. The average molecular weight is 315 g/mol. The first-order chi connectivity index (χ1) is 11.0. The van der Waals surface area contributed by atoms with Crippen LogP contribution in [-0.4, -0.2) is 22.1 Å². The predicted octanol–water partition coefficient (Wildman–Crippen LogP) is 2.02. The molecule has 3 rings (SSSR count). The van der Waals surface area contributed by atoms with Crippen LogP contribution < -0.4 is 15.7 Å². The van der Waals surface area contributed by atoms with E-state index in [4.69, 9.17) is 4.74 Å². The number of anilines is 1. The molecule has 0 aliphatic rings. The molecule has 0 aliphatic heterocycles. The quantitative estimate of drug-likeness (QED) is 0.773. The number of benzene rings is 2. The van der Waals surface area contributed by atoms with Crippen LogP contribution >= 0.6 is 0 Å². The van der Waals surface area contributed by atoms with Crippen molar-refractivity contribution >= 4 is 22.6 Å². The highest BCUT2D eigenvalue weighted by atomic mass is 19.1. The molecule has 2 N–H and O–H groups in total. The number of aromatic nitrogens is 2. The molecule has 0 saturated carbocycles. The van der Waals surface area contributed by atoms with E-state index in [2.05, 4.69) is 10.3 Å².